The number of unbranched alkanes of at least 4 members (excludes halogenated alkanes) is 1. The Bertz CT molecular complexity index is 1310. The van der Waals surface area contributed by atoms with Crippen LogP contribution in [0.4, 0.5) is 5.69 Å². The van der Waals surface area contributed by atoms with Crippen LogP contribution in [0.15, 0.2) is 89.8 Å². The number of sulfonamides is 1. The molecule has 214 valence electrons. The van der Waals surface area contributed by atoms with Gasteiger partial charge in [0.05, 0.1) is 10.6 Å². The van der Waals surface area contributed by atoms with E-state index >= 15 is 0 Å². The van der Waals surface area contributed by atoms with Crippen molar-refractivity contribution in [3.63, 3.8) is 0 Å². The van der Waals surface area contributed by atoms with E-state index in [4.69, 9.17) is 0 Å². The summed E-state index contributed by atoms with van der Waals surface area (Å²) in [6.07, 6.45) is 3.55. The summed E-state index contributed by atoms with van der Waals surface area (Å²) in [6.45, 7) is 6.35. The number of hydrogen-bond acceptors (Lipinski definition) is 4. The van der Waals surface area contributed by atoms with E-state index in [1.54, 1.807) is 35.2 Å². The zero-order valence-corrected chi connectivity index (χ0v) is 24.6. The van der Waals surface area contributed by atoms with Crippen molar-refractivity contribution in [2.75, 3.05) is 23.9 Å². The number of carbonyl (C=O) groups is 2. The molecule has 0 saturated heterocycles. The first-order valence-corrected chi connectivity index (χ1v) is 15.5. The number of carbonyl (C=O) groups excluding carboxylic acids is 2. The van der Waals surface area contributed by atoms with Crippen molar-refractivity contribution in [1.29, 1.82) is 0 Å². The predicted octanol–water partition coefficient (Wildman–Crippen LogP) is 5.21. The van der Waals surface area contributed by atoms with Gasteiger partial charge in [-0.2, -0.15) is 0 Å². The molecule has 0 unspecified atom stereocenters. The molecule has 3 aromatic carbocycles. The molecule has 0 radical (unpaired) electrons. The standard InChI is InChI=1S/C32H41N3O4S/c1-4-7-23-33-32(37)30(6-3)34(24-22-27-14-10-8-11-15-27)31(36)25-35(28-20-18-26(5-2)19-21-28)40(38,39)29-16-12-9-13-17-29/h8-21,30H,4-7,22-25H2,1-3H3,(H,33,37)/t30-/m0/s1. The van der Waals surface area contributed by atoms with Gasteiger partial charge in [-0.1, -0.05) is 87.9 Å². The number of benzene rings is 3. The van der Waals surface area contributed by atoms with E-state index in [-0.39, 0.29) is 17.3 Å². The van der Waals surface area contributed by atoms with Crippen molar-refractivity contribution in [2.45, 2.75) is 63.8 Å². The predicted molar refractivity (Wildman–Crippen MR) is 161 cm³/mol. The number of hydrogen-bond donors (Lipinski definition) is 1. The van der Waals surface area contributed by atoms with Crippen molar-refractivity contribution in [2.24, 2.45) is 0 Å². The lowest BCUT2D eigenvalue weighted by Crippen LogP contribution is -2.53. The van der Waals surface area contributed by atoms with Gasteiger partial charge in [0.25, 0.3) is 10.0 Å². The fraction of sp³-hybridized carbons (Fsp3) is 0.375. The van der Waals surface area contributed by atoms with E-state index in [1.807, 2.05) is 63.2 Å². The Morgan fingerprint density at radius 2 is 1.45 bits per heavy atom. The van der Waals surface area contributed by atoms with E-state index in [1.165, 1.54) is 12.1 Å². The Morgan fingerprint density at radius 1 is 0.825 bits per heavy atom. The summed E-state index contributed by atoms with van der Waals surface area (Å²) >= 11 is 0. The van der Waals surface area contributed by atoms with Crippen LogP contribution in [-0.2, 0) is 32.5 Å². The van der Waals surface area contributed by atoms with Crippen LogP contribution in [-0.4, -0.2) is 50.8 Å². The molecule has 1 N–H and O–H groups in total. The minimum absolute atomic E-state index is 0.0996. The number of nitrogens with zero attached hydrogens (tertiary/aromatic N) is 2. The molecular weight excluding hydrogens is 522 g/mol. The van der Waals surface area contributed by atoms with Crippen LogP contribution in [0.25, 0.3) is 0 Å². The molecule has 0 aromatic heterocycles. The van der Waals surface area contributed by atoms with Gasteiger partial charge in [-0.15, -0.1) is 0 Å². The van der Waals surface area contributed by atoms with Crippen LogP contribution in [0, 0.1) is 0 Å². The first-order chi connectivity index (χ1) is 19.3. The summed E-state index contributed by atoms with van der Waals surface area (Å²) < 4.78 is 28.9. The van der Waals surface area contributed by atoms with Crippen molar-refractivity contribution >= 4 is 27.5 Å². The second-order valence-corrected chi connectivity index (χ2v) is 11.6. The van der Waals surface area contributed by atoms with E-state index in [2.05, 4.69) is 5.32 Å². The smallest absolute Gasteiger partial charge is 0.264 e. The van der Waals surface area contributed by atoms with Gasteiger partial charge in [0.15, 0.2) is 0 Å². The Hall–Kier alpha value is -3.65. The van der Waals surface area contributed by atoms with Crippen molar-refractivity contribution in [1.82, 2.24) is 10.2 Å². The SMILES string of the molecule is CCCCNC(=O)[C@H](CC)N(CCc1ccccc1)C(=O)CN(c1ccc(CC)cc1)S(=O)(=O)c1ccccc1. The lowest BCUT2D eigenvalue weighted by Gasteiger charge is -2.33. The van der Waals surface area contributed by atoms with Crippen LogP contribution in [0.3, 0.4) is 0 Å². The van der Waals surface area contributed by atoms with Crippen LogP contribution in [0.5, 0.6) is 0 Å². The average molecular weight is 564 g/mol. The highest BCUT2D eigenvalue weighted by Crippen LogP contribution is 2.25. The molecule has 3 aromatic rings. The Balaban J connectivity index is 1.97. The molecule has 0 fully saturated rings. The number of nitrogens with one attached hydrogen (secondary N) is 1. The Morgan fingerprint density at radius 3 is 2.02 bits per heavy atom. The van der Waals surface area contributed by atoms with Crippen LogP contribution >= 0.6 is 0 Å². The van der Waals surface area contributed by atoms with E-state index in [9.17, 15) is 18.0 Å². The fourth-order valence-corrected chi connectivity index (χ4v) is 5.98. The molecular formula is C32H41N3O4S. The lowest BCUT2D eigenvalue weighted by atomic mass is 10.1. The number of anilines is 1. The van der Waals surface area contributed by atoms with Gasteiger partial charge < -0.3 is 10.2 Å². The van der Waals surface area contributed by atoms with Gasteiger partial charge in [-0.05, 0) is 61.1 Å². The topological polar surface area (TPSA) is 86.8 Å². The summed E-state index contributed by atoms with van der Waals surface area (Å²) in [7, 11) is -4.05. The largest absolute Gasteiger partial charge is 0.354 e. The van der Waals surface area contributed by atoms with Crippen LogP contribution in [0.2, 0.25) is 0 Å². The Kier molecular flexibility index (Phi) is 11.8. The maximum atomic E-state index is 14.0. The molecule has 0 spiro atoms. The highest BCUT2D eigenvalue weighted by Gasteiger charge is 2.33. The van der Waals surface area contributed by atoms with Crippen molar-refractivity contribution < 1.29 is 18.0 Å². The zero-order chi connectivity index (χ0) is 29.0. The molecule has 2 amide bonds. The molecule has 0 aliphatic rings. The minimum atomic E-state index is -4.05. The van der Waals surface area contributed by atoms with Gasteiger partial charge >= 0.3 is 0 Å². The van der Waals surface area contributed by atoms with E-state index in [0.717, 1.165) is 34.7 Å². The molecule has 7 nitrogen and oxygen atoms in total. The molecule has 0 aliphatic heterocycles. The summed E-state index contributed by atoms with van der Waals surface area (Å²) in [5.74, 6) is -0.644. The van der Waals surface area contributed by atoms with Crippen LogP contribution < -0.4 is 9.62 Å². The molecule has 1 atom stereocenters. The fourth-order valence-electron chi connectivity index (χ4n) is 4.55. The van der Waals surface area contributed by atoms with Gasteiger partial charge in [0.2, 0.25) is 11.8 Å². The van der Waals surface area contributed by atoms with Gasteiger partial charge in [0.1, 0.15) is 12.6 Å². The molecule has 3 rings (SSSR count). The van der Waals surface area contributed by atoms with Crippen molar-refractivity contribution in [3.05, 3.63) is 96.1 Å². The molecule has 0 saturated carbocycles. The monoisotopic (exact) mass is 563 g/mol. The summed E-state index contributed by atoms with van der Waals surface area (Å²) in [5, 5.41) is 2.96. The highest BCUT2D eigenvalue weighted by molar-refractivity contribution is 7.92. The molecule has 0 bridgehead atoms. The number of amides is 2. The third-order valence-corrected chi connectivity index (χ3v) is 8.73. The second-order valence-electron chi connectivity index (χ2n) is 9.74. The van der Waals surface area contributed by atoms with Gasteiger partial charge in [0, 0.05) is 13.1 Å². The third kappa shape index (κ3) is 8.18. The summed E-state index contributed by atoms with van der Waals surface area (Å²) in [4.78, 5) is 28.9. The number of rotatable bonds is 15. The molecule has 0 aliphatic carbocycles. The van der Waals surface area contributed by atoms with E-state index < -0.39 is 28.5 Å². The summed E-state index contributed by atoms with van der Waals surface area (Å²) in [5.41, 5.74) is 2.50. The normalized spacial score (nSPS) is 12.0. The van der Waals surface area contributed by atoms with Gasteiger partial charge in [-0.3, -0.25) is 13.9 Å². The van der Waals surface area contributed by atoms with E-state index in [0.29, 0.717) is 25.1 Å². The quantitative estimate of drug-likeness (QED) is 0.257. The van der Waals surface area contributed by atoms with Crippen molar-refractivity contribution in [3.8, 4) is 0 Å². The van der Waals surface area contributed by atoms with Crippen LogP contribution in [0.1, 0.15) is 51.2 Å². The maximum Gasteiger partial charge on any atom is 0.264 e. The number of aryl methyl sites for hydroxylation is 1. The maximum absolute atomic E-state index is 14.0. The first-order valence-electron chi connectivity index (χ1n) is 14.1. The zero-order valence-electron chi connectivity index (χ0n) is 23.8. The lowest BCUT2D eigenvalue weighted by molar-refractivity contribution is -0.139. The molecule has 8 heteroatoms. The second kappa shape index (κ2) is 15.2. The molecule has 0 heterocycles. The third-order valence-electron chi connectivity index (χ3n) is 6.94. The molecule has 40 heavy (non-hydrogen) atoms. The first kappa shape index (κ1) is 30.9. The average Bonchev–Trinajstić information content (AvgIpc) is 2.99. The minimum Gasteiger partial charge on any atom is -0.354 e. The Labute approximate surface area is 239 Å². The van der Waals surface area contributed by atoms with Gasteiger partial charge in [-0.25, -0.2) is 8.42 Å². The highest BCUT2D eigenvalue weighted by atomic mass is 32.2. The summed E-state index contributed by atoms with van der Waals surface area (Å²) in [6, 6.07) is 24.4.